The van der Waals surface area contributed by atoms with Crippen LogP contribution in [0, 0.1) is 0 Å². The fraction of sp³-hybridized carbons (Fsp3) is 0.211. The minimum atomic E-state index is -1.09. The van der Waals surface area contributed by atoms with Gasteiger partial charge in [0.15, 0.2) is 0 Å². The van der Waals surface area contributed by atoms with Crippen molar-refractivity contribution in [3.63, 3.8) is 0 Å². The molecule has 0 saturated carbocycles. The van der Waals surface area contributed by atoms with Crippen molar-refractivity contribution in [3.8, 4) is 0 Å². The molecule has 1 aliphatic rings. The Labute approximate surface area is 170 Å². The third-order valence-electron chi connectivity index (χ3n) is 4.41. The molecule has 0 spiro atoms. The van der Waals surface area contributed by atoms with Gasteiger partial charge in [-0.2, -0.15) is 5.01 Å². The Kier molecular flexibility index (Phi) is 5.53. The van der Waals surface area contributed by atoms with Crippen LogP contribution in [0.4, 0.5) is 4.79 Å². The Bertz CT molecular complexity index is 906. The number of halogens is 2. The van der Waals surface area contributed by atoms with Crippen LogP contribution in [0.1, 0.15) is 29.3 Å². The maximum Gasteiger partial charge on any atom is 0.344 e. The van der Waals surface area contributed by atoms with Crippen molar-refractivity contribution < 1.29 is 14.4 Å². The number of imide groups is 1. The van der Waals surface area contributed by atoms with E-state index in [-0.39, 0.29) is 10.6 Å². The van der Waals surface area contributed by atoms with E-state index in [4.69, 9.17) is 11.6 Å². The van der Waals surface area contributed by atoms with E-state index in [0.717, 1.165) is 5.56 Å². The molecular weight excluding hydrogens is 434 g/mol. The summed E-state index contributed by atoms with van der Waals surface area (Å²) in [4.78, 5) is 37.4. The standard InChI is InChI=1S/C19H17BrClN3O3/c1-19(10-9-12-5-3-2-4-6-12)17(26)24(18(27)22-19)23-16(25)14-8-7-13(20)11-15(14)21/h2-8,11H,9-10H2,1H3,(H,22,27)(H,23,25). The lowest BCUT2D eigenvalue weighted by Gasteiger charge is -2.21. The highest BCUT2D eigenvalue weighted by atomic mass is 79.9. The van der Waals surface area contributed by atoms with Crippen LogP contribution in [-0.2, 0) is 11.2 Å². The van der Waals surface area contributed by atoms with Crippen LogP contribution < -0.4 is 10.7 Å². The summed E-state index contributed by atoms with van der Waals surface area (Å²) in [6, 6.07) is 13.7. The molecule has 140 valence electrons. The fourth-order valence-corrected chi connectivity index (χ4v) is 3.59. The summed E-state index contributed by atoms with van der Waals surface area (Å²) >= 11 is 9.32. The van der Waals surface area contributed by atoms with E-state index >= 15 is 0 Å². The average molecular weight is 451 g/mol. The summed E-state index contributed by atoms with van der Waals surface area (Å²) in [5, 5.41) is 3.59. The second-order valence-electron chi connectivity index (χ2n) is 6.45. The van der Waals surface area contributed by atoms with Crippen LogP contribution in [-0.4, -0.2) is 28.4 Å². The fourth-order valence-electron chi connectivity index (χ4n) is 2.83. The molecule has 1 fully saturated rings. The zero-order valence-corrected chi connectivity index (χ0v) is 16.8. The number of aryl methyl sites for hydroxylation is 1. The molecule has 2 aromatic rings. The quantitative estimate of drug-likeness (QED) is 0.682. The van der Waals surface area contributed by atoms with Gasteiger partial charge in [-0.1, -0.05) is 57.9 Å². The van der Waals surface area contributed by atoms with Gasteiger partial charge in [-0.05, 0) is 43.5 Å². The molecule has 2 N–H and O–H groups in total. The van der Waals surface area contributed by atoms with Gasteiger partial charge in [0.1, 0.15) is 5.54 Å². The molecule has 0 aromatic heterocycles. The number of nitrogens with zero attached hydrogens (tertiary/aromatic N) is 1. The minimum absolute atomic E-state index is 0.165. The van der Waals surface area contributed by atoms with Crippen LogP contribution >= 0.6 is 27.5 Å². The van der Waals surface area contributed by atoms with E-state index in [1.807, 2.05) is 30.3 Å². The number of hydrazine groups is 1. The van der Waals surface area contributed by atoms with Crippen molar-refractivity contribution in [1.29, 1.82) is 0 Å². The van der Waals surface area contributed by atoms with Crippen molar-refractivity contribution in [3.05, 3.63) is 69.2 Å². The number of benzene rings is 2. The van der Waals surface area contributed by atoms with E-state index in [1.54, 1.807) is 19.1 Å². The van der Waals surface area contributed by atoms with Gasteiger partial charge in [0.05, 0.1) is 10.6 Å². The van der Waals surface area contributed by atoms with Crippen LogP contribution in [0.3, 0.4) is 0 Å². The van der Waals surface area contributed by atoms with Crippen molar-refractivity contribution >= 4 is 45.4 Å². The topological polar surface area (TPSA) is 78.5 Å². The summed E-state index contributed by atoms with van der Waals surface area (Å²) in [6.07, 6.45) is 1.02. The number of urea groups is 1. The Morgan fingerprint density at radius 2 is 1.93 bits per heavy atom. The maximum atomic E-state index is 12.8. The summed E-state index contributed by atoms with van der Waals surface area (Å²) in [6.45, 7) is 1.65. The predicted molar refractivity (Wildman–Crippen MR) is 105 cm³/mol. The van der Waals surface area contributed by atoms with Crippen LogP contribution in [0.25, 0.3) is 0 Å². The first-order valence-corrected chi connectivity index (χ1v) is 9.44. The first kappa shape index (κ1) is 19.4. The number of nitrogens with one attached hydrogen (secondary N) is 2. The van der Waals surface area contributed by atoms with Crippen molar-refractivity contribution in [2.24, 2.45) is 0 Å². The smallest absolute Gasteiger partial charge is 0.322 e. The highest BCUT2D eigenvalue weighted by Gasteiger charge is 2.48. The molecular formula is C19H17BrClN3O3. The predicted octanol–water partition coefficient (Wildman–Crippen LogP) is 3.69. The molecule has 3 rings (SSSR count). The molecule has 6 nitrogen and oxygen atoms in total. The number of hydrogen-bond acceptors (Lipinski definition) is 3. The normalized spacial score (nSPS) is 19.1. The Hall–Kier alpha value is -2.38. The summed E-state index contributed by atoms with van der Waals surface area (Å²) < 4.78 is 0.715. The Balaban J connectivity index is 1.70. The molecule has 0 bridgehead atoms. The maximum absolute atomic E-state index is 12.8. The van der Waals surface area contributed by atoms with E-state index in [2.05, 4.69) is 26.7 Å². The Morgan fingerprint density at radius 1 is 1.22 bits per heavy atom. The van der Waals surface area contributed by atoms with Gasteiger partial charge in [0, 0.05) is 4.47 Å². The van der Waals surface area contributed by atoms with Gasteiger partial charge >= 0.3 is 6.03 Å². The number of amides is 4. The van der Waals surface area contributed by atoms with E-state index in [9.17, 15) is 14.4 Å². The summed E-state index contributed by atoms with van der Waals surface area (Å²) in [5.74, 6) is -1.15. The molecule has 0 radical (unpaired) electrons. The van der Waals surface area contributed by atoms with Crippen molar-refractivity contribution in [2.45, 2.75) is 25.3 Å². The van der Waals surface area contributed by atoms with Gasteiger partial charge in [-0.15, -0.1) is 0 Å². The monoisotopic (exact) mass is 449 g/mol. The van der Waals surface area contributed by atoms with E-state index < -0.39 is 23.4 Å². The SMILES string of the molecule is CC1(CCc2ccccc2)NC(=O)N(NC(=O)c2ccc(Br)cc2Cl)C1=O. The molecule has 1 unspecified atom stereocenters. The zero-order valence-electron chi connectivity index (χ0n) is 14.5. The number of rotatable bonds is 5. The minimum Gasteiger partial charge on any atom is -0.322 e. The molecule has 1 heterocycles. The van der Waals surface area contributed by atoms with Crippen LogP contribution in [0.15, 0.2) is 53.0 Å². The molecule has 4 amide bonds. The zero-order chi connectivity index (χ0) is 19.6. The summed E-state index contributed by atoms with van der Waals surface area (Å²) in [7, 11) is 0. The second-order valence-corrected chi connectivity index (χ2v) is 7.78. The lowest BCUT2D eigenvalue weighted by atomic mass is 9.93. The third kappa shape index (κ3) is 4.14. The highest BCUT2D eigenvalue weighted by Crippen LogP contribution is 2.24. The second kappa shape index (κ2) is 7.70. The van der Waals surface area contributed by atoms with Crippen LogP contribution in [0.5, 0.6) is 0 Å². The molecule has 2 aromatic carbocycles. The first-order chi connectivity index (χ1) is 12.8. The first-order valence-electron chi connectivity index (χ1n) is 8.27. The third-order valence-corrected chi connectivity index (χ3v) is 5.21. The molecule has 1 atom stereocenters. The van der Waals surface area contributed by atoms with E-state index in [1.165, 1.54) is 6.07 Å². The highest BCUT2D eigenvalue weighted by molar-refractivity contribution is 9.10. The van der Waals surface area contributed by atoms with E-state index in [0.29, 0.717) is 22.3 Å². The van der Waals surface area contributed by atoms with Crippen molar-refractivity contribution in [2.75, 3.05) is 0 Å². The van der Waals surface area contributed by atoms with Gasteiger partial charge < -0.3 is 5.32 Å². The van der Waals surface area contributed by atoms with Gasteiger partial charge in [0.25, 0.3) is 11.8 Å². The van der Waals surface area contributed by atoms with Crippen molar-refractivity contribution in [1.82, 2.24) is 15.8 Å². The summed E-state index contributed by atoms with van der Waals surface area (Å²) in [5.41, 5.74) is 2.47. The number of carbonyl (C=O) groups is 3. The molecule has 0 aliphatic carbocycles. The van der Waals surface area contributed by atoms with Gasteiger partial charge in [-0.25, -0.2) is 4.79 Å². The van der Waals surface area contributed by atoms with Gasteiger partial charge in [0.2, 0.25) is 0 Å². The number of hydrogen-bond donors (Lipinski definition) is 2. The molecule has 27 heavy (non-hydrogen) atoms. The largest absolute Gasteiger partial charge is 0.344 e. The molecule has 1 saturated heterocycles. The lowest BCUT2D eigenvalue weighted by molar-refractivity contribution is -0.132. The molecule has 8 heteroatoms. The molecule has 1 aliphatic heterocycles. The number of carbonyl (C=O) groups excluding carboxylic acids is 3. The lowest BCUT2D eigenvalue weighted by Crippen LogP contribution is -2.49. The van der Waals surface area contributed by atoms with Crippen LogP contribution in [0.2, 0.25) is 5.02 Å². The average Bonchev–Trinajstić information content (AvgIpc) is 2.84. The Morgan fingerprint density at radius 3 is 2.59 bits per heavy atom. The van der Waals surface area contributed by atoms with Gasteiger partial charge in [-0.3, -0.25) is 15.0 Å².